The molecule has 4 nitrogen and oxygen atoms in total. The number of nitriles is 1. The van der Waals surface area contributed by atoms with Gasteiger partial charge in [-0.15, -0.1) is 0 Å². The van der Waals surface area contributed by atoms with Crippen LogP contribution in [0.4, 0.5) is 5.69 Å². The maximum absolute atomic E-state index is 11.0. The summed E-state index contributed by atoms with van der Waals surface area (Å²) in [4.78, 5) is 11.0. The van der Waals surface area contributed by atoms with Crippen LogP contribution in [0.1, 0.15) is 44.7 Å². The van der Waals surface area contributed by atoms with Crippen LogP contribution in [0.2, 0.25) is 0 Å². The van der Waals surface area contributed by atoms with Crippen LogP contribution < -0.4 is 5.32 Å². The zero-order chi connectivity index (χ0) is 15.3. The van der Waals surface area contributed by atoms with Crippen molar-refractivity contribution in [3.63, 3.8) is 0 Å². The SMILES string of the molecule is Cc1ccc(NC(CC(=O)O)CC(C)(C)C)c(C#N)c1. The number of hydrogen-bond acceptors (Lipinski definition) is 3. The minimum absolute atomic E-state index is 0.0185. The van der Waals surface area contributed by atoms with E-state index in [-0.39, 0.29) is 17.9 Å². The number of anilines is 1. The summed E-state index contributed by atoms with van der Waals surface area (Å²) in [6, 6.07) is 7.51. The van der Waals surface area contributed by atoms with E-state index in [1.807, 2.05) is 19.1 Å². The highest BCUT2D eigenvalue weighted by molar-refractivity contribution is 5.69. The van der Waals surface area contributed by atoms with Gasteiger partial charge in [-0.2, -0.15) is 5.26 Å². The van der Waals surface area contributed by atoms with Crippen LogP contribution in [0.25, 0.3) is 0 Å². The number of hydrogen-bond donors (Lipinski definition) is 2. The third kappa shape index (κ3) is 5.31. The van der Waals surface area contributed by atoms with E-state index < -0.39 is 5.97 Å². The molecule has 1 aromatic rings. The molecule has 0 spiro atoms. The summed E-state index contributed by atoms with van der Waals surface area (Å²) < 4.78 is 0. The molecule has 2 N–H and O–H groups in total. The maximum Gasteiger partial charge on any atom is 0.305 e. The molecule has 0 bridgehead atoms. The van der Waals surface area contributed by atoms with Gasteiger partial charge >= 0.3 is 5.97 Å². The van der Waals surface area contributed by atoms with Gasteiger partial charge in [0.2, 0.25) is 0 Å². The summed E-state index contributed by atoms with van der Waals surface area (Å²) in [5.41, 5.74) is 2.28. The Bertz CT molecular complexity index is 524. The van der Waals surface area contributed by atoms with E-state index in [2.05, 4.69) is 32.2 Å². The molecule has 0 saturated heterocycles. The molecule has 1 atom stereocenters. The minimum Gasteiger partial charge on any atom is -0.481 e. The molecular formula is C16H22N2O2. The van der Waals surface area contributed by atoms with Crippen molar-refractivity contribution in [2.24, 2.45) is 5.41 Å². The molecule has 0 saturated carbocycles. The van der Waals surface area contributed by atoms with E-state index in [1.165, 1.54) is 0 Å². The number of carbonyl (C=O) groups is 1. The summed E-state index contributed by atoms with van der Waals surface area (Å²) in [7, 11) is 0. The smallest absolute Gasteiger partial charge is 0.305 e. The normalized spacial score (nSPS) is 12.6. The summed E-state index contributed by atoms with van der Waals surface area (Å²) in [5, 5.41) is 21.4. The molecule has 0 aromatic heterocycles. The number of nitrogens with zero attached hydrogens (tertiary/aromatic N) is 1. The Morgan fingerprint density at radius 2 is 2.10 bits per heavy atom. The number of carboxylic acids is 1. The fraction of sp³-hybridized carbons (Fsp3) is 0.500. The Labute approximate surface area is 120 Å². The average Bonchev–Trinajstić information content (AvgIpc) is 2.28. The molecular weight excluding hydrogens is 252 g/mol. The van der Waals surface area contributed by atoms with Crippen LogP contribution in [0.15, 0.2) is 18.2 Å². The van der Waals surface area contributed by atoms with Crippen molar-refractivity contribution in [3.05, 3.63) is 29.3 Å². The molecule has 1 aromatic carbocycles. The predicted octanol–water partition coefficient (Wildman–Crippen LogP) is 3.56. The van der Waals surface area contributed by atoms with Gasteiger partial charge in [-0.25, -0.2) is 0 Å². The number of rotatable bonds is 5. The first-order valence-corrected chi connectivity index (χ1v) is 6.70. The monoisotopic (exact) mass is 274 g/mol. The van der Waals surface area contributed by atoms with Gasteiger partial charge in [-0.3, -0.25) is 4.79 Å². The molecule has 20 heavy (non-hydrogen) atoms. The molecule has 0 aliphatic heterocycles. The third-order valence-electron chi connectivity index (χ3n) is 2.93. The quantitative estimate of drug-likeness (QED) is 0.861. The first-order chi connectivity index (χ1) is 9.21. The van der Waals surface area contributed by atoms with Gasteiger partial charge in [0.15, 0.2) is 0 Å². The van der Waals surface area contributed by atoms with Crippen LogP contribution in [0, 0.1) is 23.7 Å². The van der Waals surface area contributed by atoms with Gasteiger partial charge in [0.25, 0.3) is 0 Å². The fourth-order valence-electron chi connectivity index (χ4n) is 2.22. The van der Waals surface area contributed by atoms with Gasteiger partial charge in [-0.1, -0.05) is 26.8 Å². The van der Waals surface area contributed by atoms with Crippen molar-refractivity contribution in [1.29, 1.82) is 5.26 Å². The molecule has 0 fully saturated rings. The van der Waals surface area contributed by atoms with Gasteiger partial charge in [0, 0.05) is 6.04 Å². The van der Waals surface area contributed by atoms with Crippen molar-refractivity contribution in [2.75, 3.05) is 5.32 Å². The minimum atomic E-state index is -0.836. The van der Waals surface area contributed by atoms with E-state index >= 15 is 0 Å². The number of aliphatic carboxylic acids is 1. The molecule has 0 aliphatic rings. The number of nitrogens with one attached hydrogen (secondary N) is 1. The second-order valence-corrected chi connectivity index (χ2v) is 6.36. The predicted molar refractivity (Wildman–Crippen MR) is 79.6 cm³/mol. The van der Waals surface area contributed by atoms with Gasteiger partial charge in [-0.05, 0) is 36.5 Å². The van der Waals surface area contributed by atoms with Crippen molar-refractivity contribution in [2.45, 2.75) is 46.6 Å². The second-order valence-electron chi connectivity index (χ2n) is 6.36. The lowest BCUT2D eigenvalue weighted by Gasteiger charge is -2.27. The molecule has 4 heteroatoms. The fourth-order valence-corrected chi connectivity index (χ4v) is 2.22. The molecule has 1 rings (SSSR count). The molecule has 0 heterocycles. The Kier molecular flexibility index (Phi) is 5.15. The molecule has 0 amide bonds. The zero-order valence-electron chi connectivity index (χ0n) is 12.5. The number of carboxylic acid groups (broad SMARTS) is 1. The first kappa shape index (κ1) is 16.0. The second kappa shape index (κ2) is 6.42. The van der Waals surface area contributed by atoms with Gasteiger partial charge < -0.3 is 10.4 Å². The lowest BCUT2D eigenvalue weighted by Crippen LogP contribution is -2.28. The summed E-state index contributed by atoms with van der Waals surface area (Å²) in [6.45, 7) is 8.14. The highest BCUT2D eigenvalue weighted by Gasteiger charge is 2.21. The van der Waals surface area contributed by atoms with E-state index in [4.69, 9.17) is 10.4 Å². The van der Waals surface area contributed by atoms with E-state index in [0.29, 0.717) is 11.3 Å². The van der Waals surface area contributed by atoms with Crippen molar-refractivity contribution in [3.8, 4) is 6.07 Å². The third-order valence-corrected chi connectivity index (χ3v) is 2.93. The summed E-state index contributed by atoms with van der Waals surface area (Å²) in [5.74, 6) is -0.836. The Balaban J connectivity index is 2.95. The van der Waals surface area contributed by atoms with Crippen LogP contribution in [-0.2, 0) is 4.79 Å². The summed E-state index contributed by atoms with van der Waals surface area (Å²) >= 11 is 0. The molecule has 1 unspecified atom stereocenters. The van der Waals surface area contributed by atoms with E-state index in [9.17, 15) is 4.79 Å². The van der Waals surface area contributed by atoms with Gasteiger partial charge in [0.1, 0.15) is 6.07 Å². The van der Waals surface area contributed by atoms with E-state index in [1.54, 1.807) is 6.07 Å². The van der Waals surface area contributed by atoms with Crippen molar-refractivity contribution >= 4 is 11.7 Å². The van der Waals surface area contributed by atoms with Crippen LogP contribution in [0.3, 0.4) is 0 Å². The van der Waals surface area contributed by atoms with Crippen molar-refractivity contribution < 1.29 is 9.90 Å². The standard InChI is InChI=1S/C16H22N2O2/c1-11-5-6-14(12(7-11)10-17)18-13(8-15(19)20)9-16(2,3)4/h5-7,13,18H,8-9H2,1-4H3,(H,19,20). The van der Waals surface area contributed by atoms with Crippen LogP contribution in [-0.4, -0.2) is 17.1 Å². The lowest BCUT2D eigenvalue weighted by atomic mass is 9.87. The Hall–Kier alpha value is -2.02. The summed E-state index contributed by atoms with van der Waals surface area (Å²) in [6.07, 6.45) is 0.758. The average molecular weight is 274 g/mol. The van der Waals surface area contributed by atoms with E-state index in [0.717, 1.165) is 12.0 Å². The highest BCUT2D eigenvalue weighted by atomic mass is 16.4. The largest absolute Gasteiger partial charge is 0.481 e. The van der Waals surface area contributed by atoms with Crippen molar-refractivity contribution in [1.82, 2.24) is 0 Å². The first-order valence-electron chi connectivity index (χ1n) is 6.70. The lowest BCUT2D eigenvalue weighted by molar-refractivity contribution is -0.137. The topological polar surface area (TPSA) is 73.1 Å². The van der Waals surface area contributed by atoms with Crippen LogP contribution in [0.5, 0.6) is 0 Å². The maximum atomic E-state index is 11.0. The number of benzene rings is 1. The van der Waals surface area contributed by atoms with Crippen LogP contribution >= 0.6 is 0 Å². The Morgan fingerprint density at radius 3 is 2.60 bits per heavy atom. The molecule has 0 aliphatic carbocycles. The Morgan fingerprint density at radius 1 is 1.45 bits per heavy atom. The molecule has 0 radical (unpaired) electrons. The zero-order valence-corrected chi connectivity index (χ0v) is 12.5. The molecule has 108 valence electrons. The highest BCUT2D eigenvalue weighted by Crippen LogP contribution is 2.26. The number of aryl methyl sites for hydroxylation is 1. The van der Waals surface area contributed by atoms with Gasteiger partial charge in [0.05, 0.1) is 17.7 Å².